The molecule has 3 rings (SSSR count). The molecule has 0 aliphatic rings. The second-order valence-electron chi connectivity index (χ2n) is 4.68. The molecule has 3 nitrogen and oxygen atoms in total. The Labute approximate surface area is 132 Å². The Morgan fingerprint density at radius 3 is 2.62 bits per heavy atom. The molecule has 0 aliphatic carbocycles. The highest BCUT2D eigenvalue weighted by molar-refractivity contribution is 6.42. The van der Waals surface area contributed by atoms with Gasteiger partial charge in [0.1, 0.15) is 5.82 Å². The quantitative estimate of drug-likeness (QED) is 0.746. The lowest BCUT2D eigenvalue weighted by Crippen LogP contribution is -1.96. The van der Waals surface area contributed by atoms with E-state index in [1.165, 1.54) is 0 Å². The first-order valence-electron chi connectivity index (χ1n) is 6.47. The molecule has 1 heterocycles. The zero-order valence-corrected chi connectivity index (χ0v) is 12.6. The van der Waals surface area contributed by atoms with E-state index in [-0.39, 0.29) is 0 Å². The van der Waals surface area contributed by atoms with E-state index in [4.69, 9.17) is 28.9 Å². The summed E-state index contributed by atoms with van der Waals surface area (Å²) < 4.78 is 0. The zero-order valence-electron chi connectivity index (χ0n) is 11.1. The van der Waals surface area contributed by atoms with Gasteiger partial charge in [0.25, 0.3) is 0 Å². The number of rotatable bonds is 3. The topological polar surface area (TPSA) is 54.7 Å². The third kappa shape index (κ3) is 2.95. The van der Waals surface area contributed by atoms with Crippen LogP contribution in [0.15, 0.2) is 48.7 Å². The first-order chi connectivity index (χ1) is 10.2. The molecule has 0 spiro atoms. The number of nitrogens with one attached hydrogen (secondary N) is 1. The Kier molecular flexibility index (Phi) is 3.97. The number of benzene rings is 2. The van der Waals surface area contributed by atoms with Crippen molar-refractivity contribution in [3.05, 3.63) is 64.3 Å². The molecule has 0 bridgehead atoms. The van der Waals surface area contributed by atoms with Crippen LogP contribution in [0.5, 0.6) is 0 Å². The smallest absolute Gasteiger partial charge is 0.137 e. The summed E-state index contributed by atoms with van der Waals surface area (Å²) in [5.41, 5.74) is 9.57. The standard InChI is InChI=1S/C16H13Cl2N3/c17-13-5-4-11(7-14(13)18)15-9-20-16(21-15)12-3-1-2-10(6-12)8-19/h1-7,9H,8,19H2,(H,20,21). The Morgan fingerprint density at radius 2 is 1.86 bits per heavy atom. The number of nitrogens with two attached hydrogens (primary N) is 1. The first-order valence-corrected chi connectivity index (χ1v) is 7.23. The molecule has 0 saturated heterocycles. The van der Waals surface area contributed by atoms with Crippen LogP contribution in [0.25, 0.3) is 22.6 Å². The molecule has 21 heavy (non-hydrogen) atoms. The highest BCUT2D eigenvalue weighted by Gasteiger charge is 2.07. The van der Waals surface area contributed by atoms with Crippen molar-refractivity contribution in [2.75, 3.05) is 0 Å². The van der Waals surface area contributed by atoms with E-state index in [2.05, 4.69) is 9.97 Å². The largest absolute Gasteiger partial charge is 0.338 e. The van der Waals surface area contributed by atoms with E-state index in [1.807, 2.05) is 36.4 Å². The number of nitrogens with zero attached hydrogens (tertiary/aromatic N) is 1. The van der Waals surface area contributed by atoms with Crippen molar-refractivity contribution in [3.63, 3.8) is 0 Å². The fourth-order valence-corrected chi connectivity index (χ4v) is 2.42. The van der Waals surface area contributed by atoms with Crippen LogP contribution >= 0.6 is 23.2 Å². The van der Waals surface area contributed by atoms with E-state index < -0.39 is 0 Å². The van der Waals surface area contributed by atoms with Gasteiger partial charge in [-0.2, -0.15) is 0 Å². The third-order valence-electron chi connectivity index (χ3n) is 3.24. The van der Waals surface area contributed by atoms with Crippen molar-refractivity contribution in [2.24, 2.45) is 5.73 Å². The van der Waals surface area contributed by atoms with Crippen LogP contribution in [0.2, 0.25) is 10.0 Å². The average molecular weight is 318 g/mol. The van der Waals surface area contributed by atoms with Crippen LogP contribution < -0.4 is 5.73 Å². The Hall–Kier alpha value is -1.81. The normalized spacial score (nSPS) is 10.8. The van der Waals surface area contributed by atoms with Gasteiger partial charge in [-0.3, -0.25) is 0 Å². The van der Waals surface area contributed by atoms with Gasteiger partial charge in [-0.15, -0.1) is 0 Å². The van der Waals surface area contributed by atoms with Crippen LogP contribution in [0, 0.1) is 0 Å². The van der Waals surface area contributed by atoms with E-state index in [1.54, 1.807) is 12.3 Å². The first kappa shape index (κ1) is 14.1. The molecule has 0 saturated carbocycles. The maximum Gasteiger partial charge on any atom is 0.137 e. The van der Waals surface area contributed by atoms with E-state index in [0.29, 0.717) is 16.6 Å². The number of halogens is 2. The molecule has 0 atom stereocenters. The summed E-state index contributed by atoms with van der Waals surface area (Å²) in [6, 6.07) is 13.5. The molecule has 0 unspecified atom stereocenters. The van der Waals surface area contributed by atoms with Crippen LogP contribution in [0.1, 0.15) is 5.56 Å². The fraction of sp³-hybridized carbons (Fsp3) is 0.0625. The average Bonchev–Trinajstić information content (AvgIpc) is 3.00. The monoisotopic (exact) mass is 317 g/mol. The molecule has 3 aromatic rings. The lowest BCUT2D eigenvalue weighted by atomic mass is 10.1. The number of hydrogen-bond acceptors (Lipinski definition) is 2. The third-order valence-corrected chi connectivity index (χ3v) is 3.98. The van der Waals surface area contributed by atoms with E-state index in [9.17, 15) is 0 Å². The van der Waals surface area contributed by atoms with Gasteiger partial charge in [-0.25, -0.2) is 4.98 Å². The highest BCUT2D eigenvalue weighted by atomic mass is 35.5. The highest BCUT2D eigenvalue weighted by Crippen LogP contribution is 2.29. The fourth-order valence-electron chi connectivity index (χ4n) is 2.12. The van der Waals surface area contributed by atoms with Gasteiger partial charge in [0.15, 0.2) is 0 Å². The predicted molar refractivity (Wildman–Crippen MR) is 87.4 cm³/mol. The van der Waals surface area contributed by atoms with Gasteiger partial charge in [-0.05, 0) is 23.8 Å². The van der Waals surface area contributed by atoms with Crippen molar-refractivity contribution in [3.8, 4) is 22.6 Å². The maximum absolute atomic E-state index is 6.05. The Morgan fingerprint density at radius 1 is 1.00 bits per heavy atom. The molecular formula is C16H13Cl2N3. The number of H-pyrrole nitrogens is 1. The number of imidazole rings is 1. The van der Waals surface area contributed by atoms with Gasteiger partial charge in [0, 0.05) is 17.7 Å². The lowest BCUT2D eigenvalue weighted by Gasteiger charge is -2.02. The summed E-state index contributed by atoms with van der Waals surface area (Å²) in [7, 11) is 0. The second kappa shape index (κ2) is 5.90. The van der Waals surface area contributed by atoms with Crippen LogP contribution in [-0.2, 0) is 6.54 Å². The van der Waals surface area contributed by atoms with E-state index in [0.717, 1.165) is 28.2 Å². The zero-order chi connectivity index (χ0) is 14.8. The molecular weight excluding hydrogens is 305 g/mol. The Bertz CT molecular complexity index is 781. The number of hydrogen-bond donors (Lipinski definition) is 2. The predicted octanol–water partition coefficient (Wildman–Crippen LogP) is 4.51. The minimum atomic E-state index is 0.508. The SMILES string of the molecule is NCc1cccc(-c2ncc(-c3ccc(Cl)c(Cl)c3)[nH]2)c1. The van der Waals surface area contributed by atoms with Crippen LogP contribution in [-0.4, -0.2) is 9.97 Å². The summed E-state index contributed by atoms with van der Waals surface area (Å²) in [4.78, 5) is 7.71. The molecule has 3 N–H and O–H groups in total. The van der Waals surface area contributed by atoms with Crippen molar-refractivity contribution in [1.82, 2.24) is 9.97 Å². The summed E-state index contributed by atoms with van der Waals surface area (Å²) in [5.74, 6) is 0.798. The minimum absolute atomic E-state index is 0.508. The van der Waals surface area contributed by atoms with Gasteiger partial charge in [-0.1, -0.05) is 47.5 Å². The van der Waals surface area contributed by atoms with Crippen molar-refractivity contribution >= 4 is 23.2 Å². The van der Waals surface area contributed by atoms with Gasteiger partial charge >= 0.3 is 0 Å². The second-order valence-corrected chi connectivity index (χ2v) is 5.49. The summed E-state index contributed by atoms with van der Waals surface area (Å²) in [5, 5.41) is 1.06. The van der Waals surface area contributed by atoms with Gasteiger partial charge in [0.05, 0.1) is 21.9 Å². The Balaban J connectivity index is 1.97. The van der Waals surface area contributed by atoms with E-state index >= 15 is 0 Å². The summed E-state index contributed by atoms with van der Waals surface area (Å²) >= 11 is 12.0. The number of aromatic amines is 1. The van der Waals surface area contributed by atoms with Crippen LogP contribution in [0.3, 0.4) is 0 Å². The minimum Gasteiger partial charge on any atom is -0.338 e. The van der Waals surface area contributed by atoms with Gasteiger partial charge < -0.3 is 10.7 Å². The van der Waals surface area contributed by atoms with Crippen molar-refractivity contribution in [2.45, 2.75) is 6.54 Å². The lowest BCUT2D eigenvalue weighted by molar-refractivity contribution is 1.07. The molecule has 106 valence electrons. The summed E-state index contributed by atoms with van der Waals surface area (Å²) in [6.45, 7) is 0.508. The molecule has 0 radical (unpaired) electrons. The molecule has 0 fully saturated rings. The molecule has 5 heteroatoms. The van der Waals surface area contributed by atoms with Gasteiger partial charge in [0.2, 0.25) is 0 Å². The molecule has 0 aliphatic heterocycles. The van der Waals surface area contributed by atoms with Crippen LogP contribution in [0.4, 0.5) is 0 Å². The number of aromatic nitrogens is 2. The molecule has 1 aromatic heterocycles. The molecule has 2 aromatic carbocycles. The maximum atomic E-state index is 6.05. The van der Waals surface area contributed by atoms with Crippen molar-refractivity contribution < 1.29 is 0 Å². The van der Waals surface area contributed by atoms with Crippen molar-refractivity contribution in [1.29, 1.82) is 0 Å². The summed E-state index contributed by atoms with van der Waals surface area (Å²) in [6.07, 6.45) is 1.78. The molecule has 0 amide bonds.